The molecule has 0 aromatic heterocycles. The van der Waals surface area contributed by atoms with Crippen molar-refractivity contribution < 1.29 is 19.2 Å². The van der Waals surface area contributed by atoms with Crippen molar-refractivity contribution >= 4 is 34.2 Å². The number of fused-ring (bicyclic) bond motifs is 1. The third-order valence-electron chi connectivity index (χ3n) is 8.31. The fourth-order valence-corrected chi connectivity index (χ4v) is 5.93. The van der Waals surface area contributed by atoms with Crippen molar-refractivity contribution in [1.82, 2.24) is 10.2 Å². The summed E-state index contributed by atoms with van der Waals surface area (Å²) in [6, 6.07) is 13.7. The SMILES string of the molecule is O=C1CCC/C=C\CCCCC[C@@H](C(=O)CCc2cccc3ccccc23)NC(=O)[C@H](CC(=O)N2CCCC2)C1. The van der Waals surface area contributed by atoms with E-state index >= 15 is 0 Å². The first kappa shape index (κ1) is 29.7. The van der Waals surface area contributed by atoms with E-state index in [0.29, 0.717) is 38.8 Å². The maximum absolute atomic E-state index is 13.6. The maximum Gasteiger partial charge on any atom is 0.224 e. The lowest BCUT2D eigenvalue weighted by atomic mass is 9.92. The van der Waals surface area contributed by atoms with Crippen molar-refractivity contribution in [3.63, 3.8) is 0 Å². The van der Waals surface area contributed by atoms with Gasteiger partial charge in [-0.25, -0.2) is 0 Å². The molecule has 2 atom stereocenters. The van der Waals surface area contributed by atoms with Gasteiger partial charge in [-0.1, -0.05) is 67.5 Å². The van der Waals surface area contributed by atoms with E-state index in [9.17, 15) is 19.2 Å². The number of carbonyl (C=O) groups is 4. The van der Waals surface area contributed by atoms with Crippen molar-refractivity contribution in [1.29, 1.82) is 0 Å². The van der Waals surface area contributed by atoms with E-state index in [1.165, 1.54) is 0 Å². The minimum Gasteiger partial charge on any atom is -0.346 e. The van der Waals surface area contributed by atoms with Crippen molar-refractivity contribution in [2.75, 3.05) is 13.1 Å². The Kier molecular flexibility index (Phi) is 11.5. The molecule has 2 aromatic carbocycles. The summed E-state index contributed by atoms with van der Waals surface area (Å²) in [5.41, 5.74) is 1.12. The molecule has 0 saturated carbocycles. The highest BCUT2D eigenvalue weighted by molar-refractivity contribution is 5.94. The Morgan fingerprint density at radius 1 is 0.850 bits per heavy atom. The third kappa shape index (κ3) is 8.87. The normalized spacial score (nSPS) is 22.6. The summed E-state index contributed by atoms with van der Waals surface area (Å²) in [5.74, 6) is -1.12. The molecular weight excluding hydrogens is 500 g/mol. The van der Waals surface area contributed by atoms with E-state index < -0.39 is 12.0 Å². The zero-order valence-electron chi connectivity index (χ0n) is 23.7. The summed E-state index contributed by atoms with van der Waals surface area (Å²) in [6.07, 6.45) is 13.7. The van der Waals surface area contributed by atoms with Crippen molar-refractivity contribution in [3.05, 3.63) is 60.2 Å². The number of nitrogens with one attached hydrogen (secondary N) is 1. The Labute approximate surface area is 238 Å². The zero-order chi connectivity index (χ0) is 28.2. The summed E-state index contributed by atoms with van der Waals surface area (Å²) in [7, 11) is 0. The van der Waals surface area contributed by atoms with Crippen LogP contribution < -0.4 is 5.32 Å². The van der Waals surface area contributed by atoms with E-state index in [-0.39, 0.29) is 36.2 Å². The smallest absolute Gasteiger partial charge is 0.224 e. The van der Waals surface area contributed by atoms with Gasteiger partial charge >= 0.3 is 0 Å². The fourth-order valence-electron chi connectivity index (χ4n) is 5.93. The quantitative estimate of drug-likeness (QED) is 0.445. The number of benzene rings is 2. The number of amides is 2. The molecule has 214 valence electrons. The molecule has 6 heteroatoms. The molecular formula is C34H44N2O4. The second-order valence-corrected chi connectivity index (χ2v) is 11.4. The number of allylic oxidation sites excluding steroid dienone is 2. The maximum atomic E-state index is 13.6. The van der Waals surface area contributed by atoms with Gasteiger partial charge in [0.2, 0.25) is 11.8 Å². The van der Waals surface area contributed by atoms with Crippen LogP contribution in [0.3, 0.4) is 0 Å². The average Bonchev–Trinajstić information content (AvgIpc) is 3.50. The Hall–Kier alpha value is -3.28. The Morgan fingerprint density at radius 3 is 2.42 bits per heavy atom. The number of aryl methyl sites for hydroxylation is 1. The molecule has 0 radical (unpaired) electrons. The van der Waals surface area contributed by atoms with E-state index in [2.05, 4.69) is 41.7 Å². The molecule has 2 amide bonds. The van der Waals surface area contributed by atoms with Gasteiger partial charge in [0.05, 0.1) is 12.0 Å². The highest BCUT2D eigenvalue weighted by Crippen LogP contribution is 2.22. The third-order valence-corrected chi connectivity index (χ3v) is 8.31. The second kappa shape index (κ2) is 15.5. The summed E-state index contributed by atoms with van der Waals surface area (Å²) in [6.45, 7) is 1.42. The summed E-state index contributed by atoms with van der Waals surface area (Å²) < 4.78 is 0. The molecule has 40 heavy (non-hydrogen) atoms. The van der Waals surface area contributed by atoms with Crippen LogP contribution in [0.5, 0.6) is 0 Å². The van der Waals surface area contributed by atoms with Gasteiger partial charge in [-0.05, 0) is 67.7 Å². The number of hydrogen-bond acceptors (Lipinski definition) is 4. The van der Waals surface area contributed by atoms with Gasteiger partial charge in [-0.3, -0.25) is 19.2 Å². The molecule has 0 bridgehead atoms. The predicted molar refractivity (Wildman–Crippen MR) is 159 cm³/mol. The lowest BCUT2D eigenvalue weighted by Gasteiger charge is -2.24. The number of carbonyl (C=O) groups excluding carboxylic acids is 4. The monoisotopic (exact) mass is 544 g/mol. The summed E-state index contributed by atoms with van der Waals surface area (Å²) >= 11 is 0. The molecule has 6 nitrogen and oxygen atoms in total. The Balaban J connectivity index is 1.47. The number of Topliss-reactive ketones (excluding diaryl/α,β-unsaturated/α-hetero) is 2. The standard InChI is InChI=1S/C34H44N2O4/c37-29-17-7-5-3-1-2-4-6-8-19-31(35-34(40)28(24-29)25-33(39)36-22-11-12-23-36)32(38)21-20-27-16-13-15-26-14-9-10-18-30(26)27/h1,3,9-10,13-16,18,28,31H,2,4-8,11-12,17,19-25H2,(H,35,40)/b3-1-/t28-,31-/m0/s1. The second-order valence-electron chi connectivity index (χ2n) is 11.4. The van der Waals surface area contributed by atoms with Crippen LogP contribution in [-0.4, -0.2) is 47.4 Å². The Morgan fingerprint density at radius 2 is 1.60 bits per heavy atom. The van der Waals surface area contributed by atoms with Crippen LogP contribution in [0, 0.1) is 5.92 Å². The highest BCUT2D eigenvalue weighted by atomic mass is 16.2. The molecule has 1 fully saturated rings. The molecule has 0 unspecified atom stereocenters. The van der Waals surface area contributed by atoms with E-state index in [1.807, 2.05) is 18.2 Å². The van der Waals surface area contributed by atoms with Crippen molar-refractivity contribution in [3.8, 4) is 0 Å². The molecule has 1 saturated heterocycles. The number of likely N-dealkylation sites (tertiary alicyclic amines) is 1. The molecule has 2 aliphatic heterocycles. The van der Waals surface area contributed by atoms with Crippen molar-refractivity contribution in [2.45, 2.75) is 95.9 Å². The van der Waals surface area contributed by atoms with Crippen LogP contribution in [0.25, 0.3) is 10.8 Å². The number of rotatable bonds is 6. The van der Waals surface area contributed by atoms with Gasteiger partial charge in [0, 0.05) is 38.8 Å². The van der Waals surface area contributed by atoms with E-state index in [0.717, 1.165) is 67.7 Å². The van der Waals surface area contributed by atoms with E-state index in [1.54, 1.807) is 4.90 Å². The lowest BCUT2D eigenvalue weighted by molar-refractivity contribution is -0.138. The van der Waals surface area contributed by atoms with Gasteiger partial charge in [0.25, 0.3) is 0 Å². The first-order valence-electron chi connectivity index (χ1n) is 15.3. The first-order valence-corrected chi connectivity index (χ1v) is 15.3. The minimum absolute atomic E-state index is 0.00805. The Bertz CT molecular complexity index is 1190. The van der Waals surface area contributed by atoms with Crippen LogP contribution in [0.2, 0.25) is 0 Å². The number of hydrogen-bond donors (Lipinski definition) is 1. The van der Waals surface area contributed by atoms with Gasteiger partial charge in [-0.2, -0.15) is 0 Å². The summed E-state index contributed by atoms with van der Waals surface area (Å²) in [4.78, 5) is 54.7. The van der Waals surface area contributed by atoms with Gasteiger partial charge in [0.15, 0.2) is 5.78 Å². The fraction of sp³-hybridized carbons (Fsp3) is 0.529. The van der Waals surface area contributed by atoms with Crippen LogP contribution >= 0.6 is 0 Å². The topological polar surface area (TPSA) is 83.5 Å². The molecule has 2 aliphatic rings. The number of ketones is 2. The van der Waals surface area contributed by atoms with Gasteiger partial charge in [-0.15, -0.1) is 0 Å². The minimum atomic E-state index is -0.739. The zero-order valence-corrected chi connectivity index (χ0v) is 23.7. The molecule has 0 aliphatic carbocycles. The van der Waals surface area contributed by atoms with Gasteiger partial charge < -0.3 is 10.2 Å². The average molecular weight is 545 g/mol. The molecule has 1 N–H and O–H groups in total. The molecule has 2 aromatic rings. The van der Waals surface area contributed by atoms with Crippen molar-refractivity contribution in [2.24, 2.45) is 5.92 Å². The largest absolute Gasteiger partial charge is 0.346 e. The number of nitrogens with zero attached hydrogens (tertiary/aromatic N) is 1. The lowest BCUT2D eigenvalue weighted by Crippen LogP contribution is -2.45. The first-order chi connectivity index (χ1) is 19.5. The van der Waals surface area contributed by atoms with Crippen LogP contribution in [0.4, 0.5) is 0 Å². The summed E-state index contributed by atoms with van der Waals surface area (Å²) in [5, 5.41) is 5.31. The van der Waals surface area contributed by atoms with Crippen LogP contribution in [0.15, 0.2) is 54.6 Å². The molecule has 2 heterocycles. The predicted octanol–water partition coefficient (Wildman–Crippen LogP) is 6.10. The highest BCUT2D eigenvalue weighted by Gasteiger charge is 2.30. The molecule has 0 spiro atoms. The van der Waals surface area contributed by atoms with Crippen LogP contribution in [0.1, 0.15) is 89.0 Å². The van der Waals surface area contributed by atoms with Gasteiger partial charge in [0.1, 0.15) is 5.78 Å². The molecule has 4 rings (SSSR count). The van der Waals surface area contributed by atoms with Crippen LogP contribution in [-0.2, 0) is 25.6 Å². The van der Waals surface area contributed by atoms with E-state index in [4.69, 9.17) is 0 Å².